The van der Waals surface area contributed by atoms with Crippen LogP contribution >= 0.6 is 15.9 Å². The van der Waals surface area contributed by atoms with Crippen LogP contribution in [-0.2, 0) is 5.54 Å². The average molecular weight is 322 g/mol. The molecule has 2 aromatic rings. The summed E-state index contributed by atoms with van der Waals surface area (Å²) in [6.45, 7) is 2.20. The molecule has 0 aliphatic heterocycles. The molecule has 0 spiro atoms. The summed E-state index contributed by atoms with van der Waals surface area (Å²) in [5.41, 5.74) is 7.70. The molecule has 2 N–H and O–H groups in total. The third kappa shape index (κ3) is 1.94. The zero-order valence-corrected chi connectivity index (χ0v) is 12.4. The minimum atomic E-state index is 0.0979. The quantitative estimate of drug-likeness (QED) is 0.882. The Morgan fingerprint density at radius 3 is 2.79 bits per heavy atom. The van der Waals surface area contributed by atoms with Gasteiger partial charge in [0.2, 0.25) is 0 Å². The van der Waals surface area contributed by atoms with Gasteiger partial charge in [0.05, 0.1) is 5.54 Å². The normalized spacial score (nSPS) is 17.2. The van der Waals surface area contributed by atoms with Gasteiger partial charge < -0.3 is 5.73 Å². The number of hydrogen-bond donors (Lipinski definition) is 1. The standard InChI is InChI=1S/C13H16BrN5/c1-2-13(6-3-7-13)19-12(16-17-18-19)9-4-5-10(14)11(15)8-9/h4-5,8H,2-3,6-7,15H2,1H3. The topological polar surface area (TPSA) is 69.6 Å². The van der Waals surface area contributed by atoms with E-state index in [0.29, 0.717) is 5.69 Å². The van der Waals surface area contributed by atoms with Gasteiger partial charge in [0.25, 0.3) is 0 Å². The lowest BCUT2D eigenvalue weighted by Crippen LogP contribution is -2.41. The van der Waals surface area contributed by atoms with Crippen LogP contribution in [0.15, 0.2) is 22.7 Å². The summed E-state index contributed by atoms with van der Waals surface area (Å²) in [5.74, 6) is 0.806. The summed E-state index contributed by atoms with van der Waals surface area (Å²) in [7, 11) is 0. The Bertz CT molecular complexity index is 597. The van der Waals surface area contributed by atoms with Crippen molar-refractivity contribution in [3.63, 3.8) is 0 Å². The molecule has 5 nitrogen and oxygen atoms in total. The van der Waals surface area contributed by atoms with Crippen molar-refractivity contribution in [3.8, 4) is 11.4 Å². The first-order valence-corrected chi connectivity index (χ1v) is 7.30. The highest BCUT2D eigenvalue weighted by Crippen LogP contribution is 2.43. The first-order chi connectivity index (χ1) is 9.16. The molecule has 1 heterocycles. The van der Waals surface area contributed by atoms with Gasteiger partial charge >= 0.3 is 0 Å². The first kappa shape index (κ1) is 12.6. The van der Waals surface area contributed by atoms with Crippen LogP contribution < -0.4 is 5.73 Å². The molecule has 100 valence electrons. The third-order valence-electron chi connectivity index (χ3n) is 4.12. The van der Waals surface area contributed by atoms with Crippen LogP contribution in [0.4, 0.5) is 5.69 Å². The van der Waals surface area contributed by atoms with E-state index in [0.717, 1.165) is 35.1 Å². The minimum Gasteiger partial charge on any atom is -0.398 e. The van der Waals surface area contributed by atoms with E-state index in [-0.39, 0.29) is 5.54 Å². The number of nitrogens with zero attached hydrogens (tertiary/aromatic N) is 4. The van der Waals surface area contributed by atoms with Crippen molar-refractivity contribution in [1.29, 1.82) is 0 Å². The molecule has 0 radical (unpaired) electrons. The molecule has 0 amide bonds. The average Bonchev–Trinajstić information content (AvgIpc) is 2.82. The zero-order valence-electron chi connectivity index (χ0n) is 10.8. The molecule has 19 heavy (non-hydrogen) atoms. The molecule has 1 aliphatic rings. The van der Waals surface area contributed by atoms with Crippen LogP contribution in [0.1, 0.15) is 32.6 Å². The van der Waals surface area contributed by atoms with E-state index in [4.69, 9.17) is 5.73 Å². The minimum absolute atomic E-state index is 0.0979. The van der Waals surface area contributed by atoms with E-state index in [1.165, 1.54) is 6.42 Å². The van der Waals surface area contributed by atoms with Crippen LogP contribution in [0.25, 0.3) is 11.4 Å². The van der Waals surface area contributed by atoms with Crippen LogP contribution in [-0.4, -0.2) is 20.2 Å². The SMILES string of the molecule is CCC1(n2nnnc2-c2ccc(Br)c(N)c2)CCC1. The maximum atomic E-state index is 5.94. The van der Waals surface area contributed by atoms with E-state index in [9.17, 15) is 0 Å². The molecule has 1 aromatic heterocycles. The number of anilines is 1. The van der Waals surface area contributed by atoms with E-state index >= 15 is 0 Å². The van der Waals surface area contributed by atoms with Gasteiger partial charge in [-0.1, -0.05) is 6.92 Å². The van der Waals surface area contributed by atoms with Gasteiger partial charge in [0.1, 0.15) is 0 Å². The highest BCUT2D eigenvalue weighted by molar-refractivity contribution is 9.10. The van der Waals surface area contributed by atoms with Gasteiger partial charge in [0, 0.05) is 15.7 Å². The number of hydrogen-bond acceptors (Lipinski definition) is 4. The molecular weight excluding hydrogens is 306 g/mol. The molecule has 3 rings (SSSR count). The first-order valence-electron chi connectivity index (χ1n) is 6.50. The van der Waals surface area contributed by atoms with Crippen molar-refractivity contribution in [3.05, 3.63) is 22.7 Å². The summed E-state index contributed by atoms with van der Waals surface area (Å²) in [5, 5.41) is 12.3. The maximum Gasteiger partial charge on any atom is 0.182 e. The van der Waals surface area contributed by atoms with Crippen molar-refractivity contribution in [1.82, 2.24) is 20.2 Å². The fourth-order valence-corrected chi connectivity index (χ4v) is 2.92. The predicted octanol–water partition coefficient (Wildman–Crippen LogP) is 2.97. The van der Waals surface area contributed by atoms with E-state index in [1.807, 2.05) is 22.9 Å². The Labute approximate surface area is 120 Å². The van der Waals surface area contributed by atoms with Gasteiger partial charge in [0.15, 0.2) is 5.82 Å². The number of rotatable bonds is 3. The third-order valence-corrected chi connectivity index (χ3v) is 4.84. The number of benzene rings is 1. The second-order valence-electron chi connectivity index (χ2n) is 5.08. The summed E-state index contributed by atoms with van der Waals surface area (Å²) in [6.07, 6.45) is 4.59. The number of halogens is 1. The molecule has 0 unspecified atom stereocenters. The molecule has 1 aliphatic carbocycles. The zero-order chi connectivity index (χ0) is 13.5. The van der Waals surface area contributed by atoms with Crippen molar-refractivity contribution >= 4 is 21.6 Å². The molecular formula is C13H16BrN5. The van der Waals surface area contributed by atoms with Gasteiger partial charge in [-0.15, -0.1) is 5.10 Å². The smallest absolute Gasteiger partial charge is 0.182 e. The van der Waals surface area contributed by atoms with Gasteiger partial charge in [-0.2, -0.15) is 0 Å². The fraction of sp³-hybridized carbons (Fsp3) is 0.462. The van der Waals surface area contributed by atoms with Gasteiger partial charge in [-0.25, -0.2) is 4.68 Å². The Morgan fingerprint density at radius 2 is 2.21 bits per heavy atom. The van der Waals surface area contributed by atoms with Crippen molar-refractivity contribution < 1.29 is 0 Å². The Morgan fingerprint density at radius 1 is 1.42 bits per heavy atom. The summed E-state index contributed by atoms with van der Waals surface area (Å²) < 4.78 is 2.88. The Kier molecular flexibility index (Phi) is 3.05. The monoisotopic (exact) mass is 321 g/mol. The maximum absolute atomic E-state index is 5.94. The molecule has 1 aromatic carbocycles. The van der Waals surface area contributed by atoms with E-state index in [2.05, 4.69) is 38.4 Å². The summed E-state index contributed by atoms with van der Waals surface area (Å²) in [6, 6.07) is 5.84. The number of aromatic nitrogens is 4. The predicted molar refractivity (Wildman–Crippen MR) is 77.5 cm³/mol. The lowest BCUT2D eigenvalue weighted by Gasteiger charge is -2.41. The number of nitrogen functional groups attached to an aromatic ring is 1. The molecule has 1 fully saturated rings. The molecule has 6 heteroatoms. The molecule has 0 saturated heterocycles. The number of nitrogens with two attached hydrogens (primary N) is 1. The summed E-state index contributed by atoms with van der Waals surface area (Å²) in [4.78, 5) is 0. The molecule has 1 saturated carbocycles. The van der Waals surface area contributed by atoms with Crippen LogP contribution in [0.3, 0.4) is 0 Å². The van der Waals surface area contributed by atoms with Crippen molar-refractivity contribution in [2.45, 2.75) is 38.1 Å². The second-order valence-corrected chi connectivity index (χ2v) is 5.94. The lowest BCUT2D eigenvalue weighted by molar-refractivity contribution is 0.118. The highest BCUT2D eigenvalue weighted by Gasteiger charge is 2.40. The van der Waals surface area contributed by atoms with Crippen LogP contribution in [0, 0.1) is 0 Å². The van der Waals surface area contributed by atoms with Crippen LogP contribution in [0.2, 0.25) is 0 Å². The van der Waals surface area contributed by atoms with Gasteiger partial charge in [-0.05, 0) is 70.2 Å². The Balaban J connectivity index is 2.06. The molecule has 0 bridgehead atoms. The summed E-state index contributed by atoms with van der Waals surface area (Å²) >= 11 is 3.41. The Hall–Kier alpha value is -1.43. The second kappa shape index (κ2) is 4.59. The number of tetrazole rings is 1. The van der Waals surface area contributed by atoms with Crippen LogP contribution in [0.5, 0.6) is 0 Å². The highest BCUT2D eigenvalue weighted by atomic mass is 79.9. The van der Waals surface area contributed by atoms with Crippen molar-refractivity contribution in [2.75, 3.05) is 5.73 Å². The lowest BCUT2D eigenvalue weighted by atomic mass is 9.75. The van der Waals surface area contributed by atoms with Gasteiger partial charge in [-0.3, -0.25) is 0 Å². The van der Waals surface area contributed by atoms with E-state index in [1.54, 1.807) is 0 Å². The fourth-order valence-electron chi connectivity index (χ4n) is 2.67. The van der Waals surface area contributed by atoms with E-state index < -0.39 is 0 Å². The largest absolute Gasteiger partial charge is 0.398 e. The van der Waals surface area contributed by atoms with Crippen molar-refractivity contribution in [2.24, 2.45) is 0 Å². The molecule has 0 atom stereocenters.